The fourth-order valence-corrected chi connectivity index (χ4v) is 3.64. The fraction of sp³-hybridized carbons (Fsp3) is 0.261. The van der Waals surface area contributed by atoms with Gasteiger partial charge in [-0.15, -0.1) is 0 Å². The standard InChI is InChI=1S/C23H23NO2/c1-14-5-7-16-18(11-14)21(26-10-9-24(3)4)13-20-22(16)17-8-6-15(2)12-19(17)23(20)25/h5-8,11-13H,9-10H2,1-4H3. The Labute approximate surface area is 154 Å². The van der Waals surface area contributed by atoms with E-state index >= 15 is 0 Å². The molecule has 3 nitrogen and oxygen atoms in total. The zero-order chi connectivity index (χ0) is 18.4. The van der Waals surface area contributed by atoms with Gasteiger partial charge in [0.2, 0.25) is 0 Å². The van der Waals surface area contributed by atoms with E-state index in [4.69, 9.17) is 4.74 Å². The Hall–Kier alpha value is -2.65. The largest absolute Gasteiger partial charge is 0.492 e. The van der Waals surface area contributed by atoms with Gasteiger partial charge >= 0.3 is 0 Å². The van der Waals surface area contributed by atoms with Crippen LogP contribution >= 0.6 is 0 Å². The third-order valence-corrected chi connectivity index (χ3v) is 4.98. The van der Waals surface area contributed by atoms with Crippen LogP contribution in [-0.4, -0.2) is 37.9 Å². The van der Waals surface area contributed by atoms with Crippen LogP contribution in [0.25, 0.3) is 21.9 Å². The predicted octanol–water partition coefficient (Wildman–Crippen LogP) is 4.61. The summed E-state index contributed by atoms with van der Waals surface area (Å²) in [6.07, 6.45) is 0. The van der Waals surface area contributed by atoms with Crippen molar-refractivity contribution in [3.63, 3.8) is 0 Å². The number of likely N-dealkylation sites (N-methyl/N-ethyl adjacent to an activating group) is 1. The monoisotopic (exact) mass is 345 g/mol. The molecule has 0 radical (unpaired) electrons. The zero-order valence-electron chi connectivity index (χ0n) is 15.7. The lowest BCUT2D eigenvalue weighted by Gasteiger charge is -2.15. The number of ketones is 1. The van der Waals surface area contributed by atoms with Crippen molar-refractivity contribution in [1.29, 1.82) is 0 Å². The van der Waals surface area contributed by atoms with Crippen molar-refractivity contribution in [2.24, 2.45) is 0 Å². The lowest BCUT2D eigenvalue weighted by Crippen LogP contribution is -2.19. The Morgan fingerprint density at radius 2 is 1.58 bits per heavy atom. The van der Waals surface area contributed by atoms with E-state index in [1.54, 1.807) is 0 Å². The van der Waals surface area contributed by atoms with Crippen LogP contribution in [0.4, 0.5) is 0 Å². The van der Waals surface area contributed by atoms with Crippen LogP contribution in [0.2, 0.25) is 0 Å². The number of hydrogen-bond donors (Lipinski definition) is 0. The molecule has 4 rings (SSSR count). The number of fused-ring (bicyclic) bond motifs is 5. The van der Waals surface area contributed by atoms with Crippen LogP contribution in [0, 0.1) is 13.8 Å². The first-order valence-electron chi connectivity index (χ1n) is 8.96. The Morgan fingerprint density at radius 3 is 2.35 bits per heavy atom. The maximum absolute atomic E-state index is 13.0. The van der Waals surface area contributed by atoms with E-state index in [1.807, 2.05) is 33.2 Å². The lowest BCUT2D eigenvalue weighted by molar-refractivity contribution is 0.104. The molecule has 132 valence electrons. The summed E-state index contributed by atoms with van der Waals surface area (Å²) < 4.78 is 6.09. The van der Waals surface area contributed by atoms with Crippen molar-refractivity contribution >= 4 is 16.6 Å². The first-order valence-corrected chi connectivity index (χ1v) is 8.96. The van der Waals surface area contributed by atoms with Crippen LogP contribution in [0.5, 0.6) is 5.75 Å². The molecule has 1 aliphatic carbocycles. The molecule has 0 fully saturated rings. The third kappa shape index (κ3) is 2.69. The quantitative estimate of drug-likeness (QED) is 0.541. The van der Waals surface area contributed by atoms with Crippen molar-refractivity contribution in [2.45, 2.75) is 13.8 Å². The highest BCUT2D eigenvalue weighted by Gasteiger charge is 2.29. The first-order chi connectivity index (χ1) is 12.5. The molecule has 0 N–H and O–H groups in total. The third-order valence-electron chi connectivity index (χ3n) is 4.98. The van der Waals surface area contributed by atoms with Gasteiger partial charge in [-0.1, -0.05) is 35.4 Å². The molecule has 0 aliphatic heterocycles. The molecular weight excluding hydrogens is 322 g/mol. The number of hydrogen-bond acceptors (Lipinski definition) is 3. The van der Waals surface area contributed by atoms with E-state index in [9.17, 15) is 4.79 Å². The van der Waals surface area contributed by atoms with Crippen molar-refractivity contribution < 1.29 is 9.53 Å². The van der Waals surface area contributed by atoms with Crippen LogP contribution in [0.1, 0.15) is 27.0 Å². The average Bonchev–Trinajstić information content (AvgIpc) is 2.87. The van der Waals surface area contributed by atoms with Crippen LogP contribution < -0.4 is 4.74 Å². The maximum atomic E-state index is 13.0. The van der Waals surface area contributed by atoms with Gasteiger partial charge in [-0.05, 0) is 57.1 Å². The Morgan fingerprint density at radius 1 is 0.846 bits per heavy atom. The molecule has 3 aromatic rings. The number of rotatable bonds is 4. The summed E-state index contributed by atoms with van der Waals surface area (Å²) >= 11 is 0. The summed E-state index contributed by atoms with van der Waals surface area (Å²) in [5.74, 6) is 0.890. The Bertz CT molecular complexity index is 1030. The number of benzene rings is 3. The highest BCUT2D eigenvalue weighted by molar-refractivity contribution is 6.26. The molecule has 0 saturated carbocycles. The van der Waals surface area contributed by atoms with Gasteiger partial charge in [0.1, 0.15) is 12.4 Å². The summed E-state index contributed by atoms with van der Waals surface area (Å²) in [6.45, 7) is 5.53. The fourth-order valence-electron chi connectivity index (χ4n) is 3.64. The van der Waals surface area contributed by atoms with Gasteiger partial charge in [-0.3, -0.25) is 4.79 Å². The van der Waals surface area contributed by atoms with E-state index in [0.29, 0.717) is 6.61 Å². The minimum absolute atomic E-state index is 0.0960. The average molecular weight is 345 g/mol. The minimum atomic E-state index is 0.0960. The zero-order valence-corrected chi connectivity index (χ0v) is 15.7. The van der Waals surface area contributed by atoms with Crippen molar-refractivity contribution in [3.8, 4) is 16.9 Å². The van der Waals surface area contributed by atoms with Crippen molar-refractivity contribution in [3.05, 3.63) is 64.7 Å². The number of aryl methyl sites for hydroxylation is 2. The Kier molecular flexibility index (Phi) is 4.04. The molecule has 0 aromatic heterocycles. The topological polar surface area (TPSA) is 29.5 Å². The first kappa shape index (κ1) is 16.8. The maximum Gasteiger partial charge on any atom is 0.194 e. The van der Waals surface area contributed by atoms with Crippen molar-refractivity contribution in [2.75, 3.05) is 27.2 Å². The van der Waals surface area contributed by atoms with Gasteiger partial charge in [0, 0.05) is 28.6 Å². The van der Waals surface area contributed by atoms with Gasteiger partial charge in [0.05, 0.1) is 0 Å². The van der Waals surface area contributed by atoms with E-state index in [-0.39, 0.29) is 5.78 Å². The van der Waals surface area contributed by atoms with Gasteiger partial charge in [-0.2, -0.15) is 0 Å². The van der Waals surface area contributed by atoms with Gasteiger partial charge < -0.3 is 9.64 Å². The SMILES string of the molecule is Cc1ccc2c(c1)C(=O)c1cc(OCCN(C)C)c3cc(C)ccc3c1-2. The molecule has 3 aromatic carbocycles. The van der Waals surface area contributed by atoms with E-state index in [0.717, 1.165) is 50.9 Å². The van der Waals surface area contributed by atoms with Crippen LogP contribution in [-0.2, 0) is 0 Å². The number of carbonyl (C=O) groups is 1. The van der Waals surface area contributed by atoms with Gasteiger partial charge in [0.25, 0.3) is 0 Å². The summed E-state index contributed by atoms with van der Waals surface area (Å²) in [5.41, 5.74) is 5.91. The Balaban J connectivity index is 1.93. The molecule has 0 unspecified atom stereocenters. The minimum Gasteiger partial charge on any atom is -0.492 e. The molecule has 0 spiro atoms. The van der Waals surface area contributed by atoms with E-state index < -0.39 is 0 Å². The van der Waals surface area contributed by atoms with Gasteiger partial charge in [-0.25, -0.2) is 0 Å². The van der Waals surface area contributed by atoms with Crippen molar-refractivity contribution in [1.82, 2.24) is 4.90 Å². The molecular formula is C23H23NO2. The molecule has 0 amide bonds. The predicted molar refractivity (Wildman–Crippen MR) is 106 cm³/mol. The van der Waals surface area contributed by atoms with Crippen LogP contribution in [0.3, 0.4) is 0 Å². The number of carbonyl (C=O) groups excluding carboxylic acids is 1. The molecule has 3 heteroatoms. The molecule has 1 aliphatic rings. The summed E-state index contributed by atoms with van der Waals surface area (Å²) in [6, 6.07) is 14.4. The highest BCUT2D eigenvalue weighted by atomic mass is 16.5. The number of ether oxygens (including phenoxy) is 1. The van der Waals surface area contributed by atoms with Crippen LogP contribution in [0.15, 0.2) is 42.5 Å². The molecule has 0 bridgehead atoms. The van der Waals surface area contributed by atoms with E-state index in [1.165, 1.54) is 5.56 Å². The lowest BCUT2D eigenvalue weighted by atomic mass is 9.95. The molecule has 0 heterocycles. The second kappa shape index (κ2) is 6.26. The molecule has 26 heavy (non-hydrogen) atoms. The second-order valence-corrected chi connectivity index (χ2v) is 7.38. The summed E-state index contributed by atoms with van der Waals surface area (Å²) in [7, 11) is 4.05. The number of nitrogens with zero attached hydrogens (tertiary/aromatic N) is 1. The summed E-state index contributed by atoms with van der Waals surface area (Å²) in [4.78, 5) is 15.1. The molecule has 0 atom stereocenters. The normalized spacial score (nSPS) is 12.6. The highest BCUT2D eigenvalue weighted by Crippen LogP contribution is 2.45. The second-order valence-electron chi connectivity index (χ2n) is 7.38. The smallest absolute Gasteiger partial charge is 0.194 e. The van der Waals surface area contributed by atoms with Gasteiger partial charge in [0.15, 0.2) is 5.78 Å². The summed E-state index contributed by atoms with van der Waals surface area (Å²) in [5, 5.41) is 2.16. The molecule has 0 saturated heterocycles. The van der Waals surface area contributed by atoms with E-state index in [2.05, 4.69) is 42.2 Å².